The Bertz CT molecular complexity index is 965. The van der Waals surface area contributed by atoms with Gasteiger partial charge in [-0.15, -0.1) is 0 Å². The van der Waals surface area contributed by atoms with Crippen LogP contribution < -0.4 is 15.5 Å². The molecule has 0 saturated heterocycles. The number of carbonyl (C=O) groups excluding carboxylic acids is 1. The predicted molar refractivity (Wildman–Crippen MR) is 120 cm³/mol. The molecule has 32 heavy (non-hydrogen) atoms. The second-order valence-electron chi connectivity index (χ2n) is 8.51. The van der Waals surface area contributed by atoms with Crippen LogP contribution >= 0.6 is 0 Å². The maximum atomic E-state index is 13.1. The summed E-state index contributed by atoms with van der Waals surface area (Å²) in [5, 5.41) is 12.5. The fourth-order valence-corrected chi connectivity index (χ4v) is 4.27. The number of aliphatic carboxylic acids is 1. The number of carboxylic acid groups (broad SMARTS) is 1. The second kappa shape index (κ2) is 9.50. The lowest BCUT2D eigenvalue weighted by molar-refractivity contribution is -0.145. The van der Waals surface area contributed by atoms with Crippen molar-refractivity contribution >= 4 is 17.8 Å². The van der Waals surface area contributed by atoms with Crippen LogP contribution in [0.4, 0.5) is 5.95 Å². The van der Waals surface area contributed by atoms with Crippen LogP contribution in [0.5, 0.6) is 5.75 Å². The van der Waals surface area contributed by atoms with E-state index in [-0.39, 0.29) is 18.4 Å². The van der Waals surface area contributed by atoms with Crippen molar-refractivity contribution in [2.45, 2.75) is 52.1 Å². The molecule has 3 heterocycles. The van der Waals surface area contributed by atoms with Crippen molar-refractivity contribution in [3.05, 3.63) is 41.2 Å². The summed E-state index contributed by atoms with van der Waals surface area (Å²) in [5.74, 6) is 0.0106. The third-order valence-electron chi connectivity index (χ3n) is 6.23. The largest absolute Gasteiger partial charge is 0.493 e. The molecule has 2 aliphatic heterocycles. The van der Waals surface area contributed by atoms with Crippen molar-refractivity contribution in [3.8, 4) is 5.75 Å². The highest BCUT2D eigenvalue weighted by atomic mass is 16.5. The van der Waals surface area contributed by atoms with Gasteiger partial charge < -0.3 is 25.5 Å². The van der Waals surface area contributed by atoms with Crippen LogP contribution in [0.3, 0.4) is 0 Å². The molecular weight excluding hydrogens is 410 g/mol. The molecule has 9 nitrogen and oxygen atoms in total. The van der Waals surface area contributed by atoms with Gasteiger partial charge in [0.2, 0.25) is 11.9 Å². The van der Waals surface area contributed by atoms with Crippen LogP contribution in [-0.4, -0.2) is 57.3 Å². The summed E-state index contributed by atoms with van der Waals surface area (Å²) < 4.78 is 7.90. The minimum Gasteiger partial charge on any atom is -0.493 e. The van der Waals surface area contributed by atoms with E-state index in [1.165, 1.54) is 0 Å². The molecule has 172 valence electrons. The van der Waals surface area contributed by atoms with E-state index in [4.69, 9.17) is 4.74 Å². The first-order valence-corrected chi connectivity index (χ1v) is 11.3. The van der Waals surface area contributed by atoms with Gasteiger partial charge in [-0.05, 0) is 43.0 Å². The summed E-state index contributed by atoms with van der Waals surface area (Å²) in [7, 11) is 0. The minimum atomic E-state index is -0.942. The maximum Gasteiger partial charge on any atom is 0.304 e. The van der Waals surface area contributed by atoms with E-state index >= 15 is 0 Å². The number of carboxylic acids is 1. The average molecular weight is 442 g/mol. The van der Waals surface area contributed by atoms with Crippen molar-refractivity contribution in [2.75, 3.05) is 30.4 Å². The quantitative estimate of drug-likeness (QED) is 0.576. The summed E-state index contributed by atoms with van der Waals surface area (Å²) in [5.41, 5.74) is 6.23. The molecule has 0 saturated carbocycles. The normalized spacial score (nSPS) is 18.6. The van der Waals surface area contributed by atoms with Gasteiger partial charge in [-0.25, -0.2) is 9.66 Å². The number of benzene rings is 1. The Morgan fingerprint density at radius 1 is 1.34 bits per heavy atom. The number of aromatic nitrogens is 2. The van der Waals surface area contributed by atoms with Crippen LogP contribution in [-0.2, 0) is 29.0 Å². The topological polar surface area (TPSA) is 109 Å². The van der Waals surface area contributed by atoms with E-state index in [9.17, 15) is 14.7 Å². The lowest BCUT2D eigenvalue weighted by Crippen LogP contribution is -2.41. The number of hydrogen-bond donors (Lipinski definition) is 3. The van der Waals surface area contributed by atoms with Crippen molar-refractivity contribution in [3.63, 3.8) is 0 Å². The van der Waals surface area contributed by atoms with Crippen LogP contribution in [0.2, 0.25) is 0 Å². The number of anilines is 1. The molecule has 3 N–H and O–H groups in total. The molecule has 2 aliphatic rings. The maximum absolute atomic E-state index is 13.1. The second-order valence-corrected chi connectivity index (χ2v) is 8.51. The molecule has 0 spiro atoms. The highest BCUT2D eigenvalue weighted by Gasteiger charge is 2.33. The Morgan fingerprint density at radius 3 is 2.94 bits per heavy atom. The van der Waals surface area contributed by atoms with Crippen molar-refractivity contribution in [2.24, 2.45) is 5.92 Å². The number of rotatable bonds is 8. The Kier molecular flexibility index (Phi) is 6.53. The number of fused-ring (bicyclic) bond motifs is 2. The third kappa shape index (κ3) is 4.81. The molecule has 0 fully saturated rings. The molecule has 1 aromatic heterocycles. The van der Waals surface area contributed by atoms with Gasteiger partial charge in [-0.3, -0.25) is 9.59 Å². The standard InChI is InChI=1S/C23H31N5O4/c1-3-15(2)27-13-18-11-20(5-4-16(18)10-17(22(27)31)12-21(29)30)32-9-6-19-14-28-23(26-19)24-7-8-25-28/h4-5,11,14-15,17,25H,3,6-10,12-13H2,1-2H3,(H,24,26)(H,29,30). The molecule has 1 amide bonds. The Morgan fingerprint density at radius 2 is 2.19 bits per heavy atom. The van der Waals surface area contributed by atoms with Gasteiger partial charge in [0.1, 0.15) is 5.75 Å². The number of ether oxygens (including phenoxy) is 1. The molecule has 0 aliphatic carbocycles. The number of imidazole rings is 1. The fraction of sp³-hybridized carbons (Fsp3) is 0.522. The third-order valence-corrected chi connectivity index (χ3v) is 6.23. The minimum absolute atomic E-state index is 0.0449. The summed E-state index contributed by atoms with van der Waals surface area (Å²) in [6.07, 6.45) is 3.75. The smallest absolute Gasteiger partial charge is 0.304 e. The highest BCUT2D eigenvalue weighted by Crippen LogP contribution is 2.29. The lowest BCUT2D eigenvalue weighted by atomic mass is 9.94. The molecule has 4 rings (SSSR count). The van der Waals surface area contributed by atoms with Crippen molar-refractivity contribution < 1.29 is 19.4 Å². The van der Waals surface area contributed by atoms with Crippen molar-refractivity contribution in [1.29, 1.82) is 0 Å². The summed E-state index contributed by atoms with van der Waals surface area (Å²) in [6, 6.07) is 5.91. The predicted octanol–water partition coefficient (Wildman–Crippen LogP) is 2.25. The van der Waals surface area contributed by atoms with Crippen LogP contribution in [0.25, 0.3) is 0 Å². The number of hydrogen-bond acceptors (Lipinski definition) is 6. The summed E-state index contributed by atoms with van der Waals surface area (Å²) in [4.78, 5) is 30.8. The van der Waals surface area contributed by atoms with Gasteiger partial charge in [0.05, 0.1) is 30.8 Å². The van der Waals surface area contributed by atoms with Crippen molar-refractivity contribution in [1.82, 2.24) is 14.6 Å². The van der Waals surface area contributed by atoms with Crippen LogP contribution in [0.1, 0.15) is 43.5 Å². The Hall–Kier alpha value is -3.23. The van der Waals surface area contributed by atoms with Gasteiger partial charge in [0.15, 0.2) is 0 Å². The summed E-state index contributed by atoms with van der Waals surface area (Å²) >= 11 is 0. The Labute approximate surface area is 187 Å². The van der Waals surface area contributed by atoms with Gasteiger partial charge in [-0.2, -0.15) is 0 Å². The van der Waals surface area contributed by atoms with E-state index in [0.717, 1.165) is 48.0 Å². The van der Waals surface area contributed by atoms with Crippen LogP contribution in [0.15, 0.2) is 24.4 Å². The van der Waals surface area contributed by atoms with Gasteiger partial charge in [0, 0.05) is 32.1 Å². The van der Waals surface area contributed by atoms with Crippen LogP contribution in [0, 0.1) is 5.92 Å². The van der Waals surface area contributed by atoms with Gasteiger partial charge in [0.25, 0.3) is 0 Å². The summed E-state index contributed by atoms with van der Waals surface area (Å²) in [6.45, 7) is 6.72. The van der Waals surface area contributed by atoms with E-state index in [0.29, 0.717) is 26.0 Å². The molecule has 0 bridgehead atoms. The van der Waals surface area contributed by atoms with E-state index in [1.807, 2.05) is 47.8 Å². The molecule has 2 unspecified atom stereocenters. The average Bonchev–Trinajstić information content (AvgIpc) is 3.14. The number of carbonyl (C=O) groups is 2. The highest BCUT2D eigenvalue weighted by molar-refractivity contribution is 5.84. The van der Waals surface area contributed by atoms with E-state index < -0.39 is 11.9 Å². The molecule has 1 aromatic carbocycles. The zero-order valence-electron chi connectivity index (χ0n) is 18.6. The first kappa shape index (κ1) is 22.0. The molecule has 2 atom stereocenters. The molecular formula is C23H31N5O4. The monoisotopic (exact) mass is 441 g/mol. The molecule has 2 aromatic rings. The zero-order valence-corrected chi connectivity index (χ0v) is 18.6. The molecule has 9 heteroatoms. The van der Waals surface area contributed by atoms with Gasteiger partial charge >= 0.3 is 5.97 Å². The van der Waals surface area contributed by atoms with E-state index in [1.54, 1.807) is 0 Å². The number of amides is 1. The first-order valence-electron chi connectivity index (χ1n) is 11.3. The lowest BCUT2D eigenvalue weighted by Gasteiger charge is -2.29. The zero-order chi connectivity index (χ0) is 22.7. The van der Waals surface area contributed by atoms with Gasteiger partial charge in [-0.1, -0.05) is 13.0 Å². The van der Waals surface area contributed by atoms with E-state index in [2.05, 4.69) is 15.7 Å². The fourth-order valence-electron chi connectivity index (χ4n) is 4.27. The molecule has 0 radical (unpaired) electrons. The Balaban J connectivity index is 1.46. The number of nitrogens with zero attached hydrogens (tertiary/aromatic N) is 3. The SMILES string of the molecule is CCC(C)N1Cc2cc(OCCc3cn4c(n3)NCCN4)ccc2CC(CC(=O)O)C1=O. The number of nitrogens with one attached hydrogen (secondary N) is 2. The first-order chi connectivity index (χ1) is 15.4.